The van der Waals surface area contributed by atoms with E-state index in [1.54, 1.807) is 0 Å². The molecule has 250 valence electrons. The van der Waals surface area contributed by atoms with Gasteiger partial charge in [-0.25, -0.2) is 0 Å². The quantitative estimate of drug-likeness (QED) is 0.0858. The smallest absolute Gasteiger partial charge is 0.0717 e. The van der Waals surface area contributed by atoms with Gasteiger partial charge in [-0.05, 0) is 74.1 Å². The molecule has 0 aliphatic carbocycles. The van der Waals surface area contributed by atoms with Crippen LogP contribution in [0.25, 0.3) is 11.1 Å². The minimum Gasteiger partial charge on any atom is -0.375 e. The Hall–Kier alpha value is -1.72. The van der Waals surface area contributed by atoms with Crippen LogP contribution >= 0.6 is 0 Å². The molecule has 4 nitrogen and oxygen atoms in total. The van der Waals surface area contributed by atoms with E-state index in [9.17, 15) is 0 Å². The highest BCUT2D eigenvalue weighted by molar-refractivity contribution is 5.63. The summed E-state index contributed by atoms with van der Waals surface area (Å²) in [5, 5.41) is 0. The van der Waals surface area contributed by atoms with Crippen LogP contribution in [0.2, 0.25) is 0 Å². The van der Waals surface area contributed by atoms with Gasteiger partial charge in [0, 0.05) is 13.1 Å². The van der Waals surface area contributed by atoms with Gasteiger partial charge in [0.05, 0.1) is 26.4 Å². The second-order valence-electron chi connectivity index (χ2n) is 12.7. The van der Waals surface area contributed by atoms with Crippen LogP contribution in [-0.4, -0.2) is 62.3 Å². The summed E-state index contributed by atoms with van der Waals surface area (Å²) in [5.74, 6) is 0. The molecule has 0 saturated carbocycles. The summed E-state index contributed by atoms with van der Waals surface area (Å²) < 4.78 is 12.2. The summed E-state index contributed by atoms with van der Waals surface area (Å²) in [5.41, 5.74) is 4.99. The van der Waals surface area contributed by atoms with Crippen LogP contribution in [0.1, 0.15) is 129 Å². The first-order valence-corrected chi connectivity index (χ1v) is 18.5. The van der Waals surface area contributed by atoms with E-state index in [1.165, 1.54) is 138 Å². The highest BCUT2D eigenvalue weighted by atomic mass is 16.5. The Morgan fingerprint density at radius 1 is 0.386 bits per heavy atom. The zero-order valence-corrected chi connectivity index (χ0v) is 29.3. The van der Waals surface area contributed by atoms with E-state index >= 15 is 0 Å². The first-order valence-electron chi connectivity index (χ1n) is 18.5. The third kappa shape index (κ3) is 18.3. The van der Waals surface area contributed by atoms with E-state index in [-0.39, 0.29) is 0 Å². The molecule has 0 bridgehead atoms. The Kier molecular flexibility index (Phi) is 23.2. The summed E-state index contributed by atoms with van der Waals surface area (Å²) in [4.78, 5) is 5.21. The first kappa shape index (κ1) is 38.5. The molecule has 0 atom stereocenters. The fourth-order valence-electron chi connectivity index (χ4n) is 5.67. The fourth-order valence-corrected chi connectivity index (χ4v) is 5.67. The van der Waals surface area contributed by atoms with Gasteiger partial charge in [-0.15, -0.1) is 0 Å². The molecule has 0 unspecified atom stereocenters. The van der Waals surface area contributed by atoms with Crippen LogP contribution in [0.4, 0.5) is 0 Å². The largest absolute Gasteiger partial charge is 0.375 e. The summed E-state index contributed by atoms with van der Waals surface area (Å²) in [6.07, 6.45) is 18.5. The number of nitrogens with zero attached hydrogens (tertiary/aromatic N) is 2. The summed E-state index contributed by atoms with van der Waals surface area (Å²) in [6, 6.07) is 17.7. The first-order chi connectivity index (χ1) is 21.7. The lowest BCUT2D eigenvalue weighted by atomic mass is 10.0. The molecule has 0 aromatic heterocycles. The zero-order valence-electron chi connectivity index (χ0n) is 29.3. The molecule has 0 amide bonds. The maximum Gasteiger partial charge on any atom is 0.0717 e. The number of rotatable bonds is 29. The summed E-state index contributed by atoms with van der Waals surface area (Å²) in [6.45, 7) is 19.0. The zero-order chi connectivity index (χ0) is 31.5. The molecule has 0 aliphatic heterocycles. The lowest BCUT2D eigenvalue weighted by Crippen LogP contribution is -2.29. The summed E-state index contributed by atoms with van der Waals surface area (Å²) in [7, 11) is 0. The molecule has 4 heteroatoms. The van der Waals surface area contributed by atoms with Gasteiger partial charge >= 0.3 is 0 Å². The Morgan fingerprint density at radius 3 is 1.09 bits per heavy atom. The lowest BCUT2D eigenvalue weighted by Gasteiger charge is -2.22. The van der Waals surface area contributed by atoms with E-state index in [1.807, 2.05) is 0 Å². The predicted octanol–water partition coefficient (Wildman–Crippen LogP) is 10.5. The third-order valence-electron chi connectivity index (χ3n) is 8.69. The van der Waals surface area contributed by atoms with Gasteiger partial charge in [0.1, 0.15) is 0 Å². The van der Waals surface area contributed by atoms with Gasteiger partial charge in [-0.2, -0.15) is 0 Å². The average molecular weight is 609 g/mol. The van der Waals surface area contributed by atoms with Crippen molar-refractivity contribution in [2.75, 3.05) is 52.5 Å². The van der Waals surface area contributed by atoms with Crippen molar-refractivity contribution in [2.24, 2.45) is 0 Å². The monoisotopic (exact) mass is 609 g/mol. The molecule has 2 aromatic carbocycles. The average Bonchev–Trinajstić information content (AvgIpc) is 3.06. The Balaban J connectivity index is 1.69. The van der Waals surface area contributed by atoms with Gasteiger partial charge in [-0.1, -0.05) is 140 Å². The number of ether oxygens (including phenoxy) is 2. The fraction of sp³-hybridized carbons (Fsp3) is 0.700. The minimum atomic E-state index is 0.684. The van der Waals surface area contributed by atoms with E-state index < -0.39 is 0 Å². The van der Waals surface area contributed by atoms with E-state index in [4.69, 9.17) is 9.47 Å². The molecule has 2 rings (SSSR count). The highest BCUT2D eigenvalue weighted by Crippen LogP contribution is 2.21. The lowest BCUT2D eigenvalue weighted by molar-refractivity contribution is 0.0913. The van der Waals surface area contributed by atoms with Crippen molar-refractivity contribution in [3.8, 4) is 11.1 Å². The molecule has 44 heavy (non-hydrogen) atoms. The molecule has 0 heterocycles. The minimum absolute atomic E-state index is 0.684. The number of benzene rings is 2. The second-order valence-corrected chi connectivity index (χ2v) is 12.7. The Labute approximate surface area is 272 Å². The van der Waals surface area contributed by atoms with E-state index in [2.05, 4.69) is 86.0 Å². The Bertz CT molecular complexity index is 823. The molecular formula is C40H68N2O2. The normalized spacial score (nSPS) is 11.7. The number of unbranched alkanes of at least 4 members (excludes halogenated alkanes) is 10. The van der Waals surface area contributed by atoms with Crippen molar-refractivity contribution >= 4 is 0 Å². The molecule has 0 radical (unpaired) electrons. The van der Waals surface area contributed by atoms with Gasteiger partial charge in [-0.3, -0.25) is 0 Å². The number of hydrogen-bond acceptors (Lipinski definition) is 4. The van der Waals surface area contributed by atoms with Crippen LogP contribution in [-0.2, 0) is 22.7 Å². The Morgan fingerprint density at radius 2 is 0.727 bits per heavy atom. The van der Waals surface area contributed by atoms with Gasteiger partial charge < -0.3 is 19.3 Å². The van der Waals surface area contributed by atoms with Crippen LogP contribution in [0, 0.1) is 0 Å². The van der Waals surface area contributed by atoms with Gasteiger partial charge in [0.25, 0.3) is 0 Å². The SMILES string of the molecule is CCCCCCCN(CCCC)CCOCc1ccc(-c2ccc(COCCN(CCCC)CCCCCCC)cc2)cc1. The molecule has 0 aliphatic rings. The standard InChI is InChI=1S/C40H68N2O2/c1-5-9-13-15-17-29-41(27-11-7-3)31-33-43-35-37-19-23-39(24-20-37)40-25-21-38(22-26-40)36-44-34-32-42(28-12-8-4)30-18-16-14-10-6-2/h19-26H,5-18,27-36H2,1-4H3. The molecule has 0 N–H and O–H groups in total. The molecule has 0 saturated heterocycles. The second kappa shape index (κ2) is 26.5. The number of hydrogen-bond donors (Lipinski definition) is 0. The van der Waals surface area contributed by atoms with E-state index in [0.29, 0.717) is 13.2 Å². The molecular weight excluding hydrogens is 540 g/mol. The van der Waals surface area contributed by atoms with Crippen LogP contribution in [0.5, 0.6) is 0 Å². The van der Waals surface area contributed by atoms with Crippen molar-refractivity contribution in [3.63, 3.8) is 0 Å². The van der Waals surface area contributed by atoms with Crippen molar-refractivity contribution in [1.29, 1.82) is 0 Å². The van der Waals surface area contributed by atoms with Crippen molar-refractivity contribution in [3.05, 3.63) is 59.7 Å². The maximum atomic E-state index is 6.09. The molecule has 2 aromatic rings. The van der Waals surface area contributed by atoms with E-state index in [0.717, 1.165) is 26.3 Å². The van der Waals surface area contributed by atoms with Crippen LogP contribution < -0.4 is 0 Å². The van der Waals surface area contributed by atoms with Crippen LogP contribution in [0.3, 0.4) is 0 Å². The molecule has 0 spiro atoms. The van der Waals surface area contributed by atoms with Crippen LogP contribution in [0.15, 0.2) is 48.5 Å². The van der Waals surface area contributed by atoms with Crippen molar-refractivity contribution < 1.29 is 9.47 Å². The third-order valence-corrected chi connectivity index (χ3v) is 8.69. The topological polar surface area (TPSA) is 24.9 Å². The highest BCUT2D eigenvalue weighted by Gasteiger charge is 2.07. The van der Waals surface area contributed by atoms with Gasteiger partial charge in [0.15, 0.2) is 0 Å². The summed E-state index contributed by atoms with van der Waals surface area (Å²) >= 11 is 0. The van der Waals surface area contributed by atoms with Gasteiger partial charge in [0.2, 0.25) is 0 Å². The maximum absolute atomic E-state index is 6.09. The molecule has 0 fully saturated rings. The predicted molar refractivity (Wildman–Crippen MR) is 191 cm³/mol. The van der Waals surface area contributed by atoms with Crippen molar-refractivity contribution in [2.45, 2.75) is 131 Å². The van der Waals surface area contributed by atoms with Crippen molar-refractivity contribution in [1.82, 2.24) is 9.80 Å².